The maximum atomic E-state index is 11.8. The molecule has 8 heteroatoms. The Morgan fingerprint density at radius 1 is 1.56 bits per heavy atom. The molecule has 0 saturated carbocycles. The number of carbonyl (C=O) groups excluding carboxylic acids is 2. The van der Waals surface area contributed by atoms with E-state index in [2.05, 4.69) is 36.0 Å². The van der Waals surface area contributed by atoms with Crippen LogP contribution in [0, 0.1) is 0 Å². The largest absolute Gasteiger partial charge is 0.462 e. The van der Waals surface area contributed by atoms with Crippen molar-refractivity contribution in [1.82, 2.24) is 4.90 Å². The van der Waals surface area contributed by atoms with Crippen LogP contribution >= 0.6 is 11.8 Å². The van der Waals surface area contributed by atoms with Crippen molar-refractivity contribution < 1.29 is 19.1 Å². The average Bonchev–Trinajstić information content (AvgIpc) is 3.07. The number of carbonyl (C=O) groups is 2. The highest BCUT2D eigenvalue weighted by Crippen LogP contribution is 2.26. The number of esters is 1. The first-order chi connectivity index (χ1) is 12.0. The normalized spacial score (nSPS) is 23.3. The third kappa shape index (κ3) is 7.94. The molecule has 1 amide bonds. The molecule has 0 aromatic carbocycles. The lowest BCUT2D eigenvalue weighted by Gasteiger charge is -2.27. The second-order valence-corrected chi connectivity index (χ2v) is 6.94. The zero-order chi connectivity index (χ0) is 18.7. The molecule has 0 aliphatic carbocycles. The summed E-state index contributed by atoms with van der Waals surface area (Å²) in [6.45, 7) is 2.41. The maximum Gasteiger partial charge on any atom is 0.323 e. The van der Waals surface area contributed by atoms with Crippen LogP contribution < -0.4 is 11.5 Å². The lowest BCUT2D eigenvalue weighted by molar-refractivity contribution is -0.150. The van der Waals surface area contributed by atoms with Crippen molar-refractivity contribution in [2.24, 2.45) is 11.5 Å². The van der Waals surface area contributed by atoms with E-state index in [1.54, 1.807) is 11.8 Å². The standard InChI is InChI=1S/C16H26N2O3S.CH3NO/c1-12-4-3-8-18(10-12)15-6-5-13(21-15)11-20-16(19)14(17)7-9-22-2;2-1-3/h3,8,10,13-15H,4-7,9,11,17H2,1-2H3;1H,(H2,2,3). The molecule has 3 unspecified atom stereocenters. The van der Waals surface area contributed by atoms with E-state index in [1.807, 2.05) is 6.26 Å². The molecular weight excluding hydrogens is 342 g/mol. The van der Waals surface area contributed by atoms with Gasteiger partial charge >= 0.3 is 5.97 Å². The minimum Gasteiger partial charge on any atom is -0.462 e. The Hall–Kier alpha value is -1.51. The van der Waals surface area contributed by atoms with E-state index in [0.29, 0.717) is 13.0 Å². The Morgan fingerprint density at radius 3 is 2.92 bits per heavy atom. The van der Waals surface area contributed by atoms with E-state index < -0.39 is 6.04 Å². The topological polar surface area (TPSA) is 108 Å². The molecule has 2 rings (SSSR count). The number of ether oxygens (including phenoxy) is 2. The van der Waals surface area contributed by atoms with Gasteiger partial charge in [0.2, 0.25) is 6.41 Å². The molecule has 0 aromatic heterocycles. The molecule has 3 atom stereocenters. The van der Waals surface area contributed by atoms with Gasteiger partial charge in [-0.3, -0.25) is 9.59 Å². The Kier molecular flexibility index (Phi) is 10.3. The fourth-order valence-corrected chi connectivity index (χ4v) is 3.05. The monoisotopic (exact) mass is 371 g/mol. The van der Waals surface area contributed by atoms with Crippen molar-refractivity contribution in [3.63, 3.8) is 0 Å². The van der Waals surface area contributed by atoms with Crippen LogP contribution in [0.1, 0.15) is 32.6 Å². The molecule has 1 saturated heterocycles. The van der Waals surface area contributed by atoms with Gasteiger partial charge in [0.15, 0.2) is 0 Å². The van der Waals surface area contributed by atoms with Gasteiger partial charge in [0.25, 0.3) is 0 Å². The van der Waals surface area contributed by atoms with Gasteiger partial charge in [0.1, 0.15) is 18.9 Å². The molecule has 142 valence electrons. The van der Waals surface area contributed by atoms with E-state index >= 15 is 0 Å². The summed E-state index contributed by atoms with van der Waals surface area (Å²) in [7, 11) is 0. The summed E-state index contributed by atoms with van der Waals surface area (Å²) in [5, 5.41) is 0. The van der Waals surface area contributed by atoms with E-state index in [9.17, 15) is 4.79 Å². The average molecular weight is 372 g/mol. The Balaban J connectivity index is 0.000000970. The van der Waals surface area contributed by atoms with Crippen LogP contribution in [0.2, 0.25) is 0 Å². The van der Waals surface area contributed by atoms with Crippen molar-refractivity contribution in [1.29, 1.82) is 0 Å². The van der Waals surface area contributed by atoms with Crippen LogP contribution in [0.3, 0.4) is 0 Å². The first kappa shape index (κ1) is 21.5. The Labute approximate surface area is 153 Å². The molecule has 0 bridgehead atoms. The fraction of sp³-hybridized carbons (Fsp3) is 0.647. The van der Waals surface area contributed by atoms with Gasteiger partial charge in [-0.2, -0.15) is 11.8 Å². The Morgan fingerprint density at radius 2 is 2.28 bits per heavy atom. The van der Waals surface area contributed by atoms with Gasteiger partial charge < -0.3 is 25.8 Å². The number of rotatable bonds is 7. The van der Waals surface area contributed by atoms with Gasteiger partial charge in [0.05, 0.1) is 6.10 Å². The van der Waals surface area contributed by atoms with E-state index in [0.717, 1.165) is 25.0 Å². The number of primary amides is 1. The van der Waals surface area contributed by atoms with E-state index in [-0.39, 0.29) is 24.7 Å². The second-order valence-electron chi connectivity index (χ2n) is 5.96. The summed E-state index contributed by atoms with van der Waals surface area (Å²) in [4.78, 5) is 22.5. The van der Waals surface area contributed by atoms with Gasteiger partial charge in [-0.05, 0) is 44.6 Å². The van der Waals surface area contributed by atoms with Crippen LogP contribution in [0.25, 0.3) is 0 Å². The second kappa shape index (κ2) is 11.9. The predicted octanol–water partition coefficient (Wildman–Crippen LogP) is 1.34. The van der Waals surface area contributed by atoms with E-state index in [4.69, 9.17) is 20.0 Å². The van der Waals surface area contributed by atoms with Gasteiger partial charge in [-0.15, -0.1) is 0 Å². The van der Waals surface area contributed by atoms with Crippen molar-refractivity contribution >= 4 is 24.1 Å². The summed E-state index contributed by atoms with van der Waals surface area (Å²) < 4.78 is 11.3. The summed E-state index contributed by atoms with van der Waals surface area (Å²) in [6.07, 6.45) is 12.1. The van der Waals surface area contributed by atoms with Crippen molar-refractivity contribution in [2.75, 3.05) is 18.6 Å². The van der Waals surface area contributed by atoms with Crippen LogP contribution in [-0.4, -0.2) is 54.3 Å². The molecule has 0 spiro atoms. The highest BCUT2D eigenvalue weighted by atomic mass is 32.2. The third-order valence-electron chi connectivity index (χ3n) is 3.85. The first-order valence-electron chi connectivity index (χ1n) is 8.35. The molecule has 1 fully saturated rings. The molecule has 7 nitrogen and oxygen atoms in total. The molecule has 0 radical (unpaired) electrons. The Bertz CT molecular complexity index is 485. The minimum atomic E-state index is -0.528. The van der Waals surface area contributed by atoms with Crippen molar-refractivity contribution in [2.45, 2.75) is 51.0 Å². The number of amides is 1. The predicted molar refractivity (Wildman–Crippen MR) is 99.4 cm³/mol. The number of nitrogens with zero attached hydrogens (tertiary/aromatic N) is 1. The number of hydrogen-bond donors (Lipinski definition) is 2. The van der Waals surface area contributed by atoms with Crippen LogP contribution in [0.4, 0.5) is 0 Å². The SMILES string of the molecule is CSCCC(N)C(=O)OCC1CCC(N2C=CCC(C)=C2)O1.NC=O. The highest BCUT2D eigenvalue weighted by Gasteiger charge is 2.30. The van der Waals surface area contributed by atoms with Crippen LogP contribution in [0.5, 0.6) is 0 Å². The highest BCUT2D eigenvalue weighted by molar-refractivity contribution is 7.98. The summed E-state index contributed by atoms with van der Waals surface area (Å²) in [5.41, 5.74) is 11.3. The van der Waals surface area contributed by atoms with Crippen molar-refractivity contribution in [3.05, 3.63) is 24.0 Å². The number of hydrogen-bond acceptors (Lipinski definition) is 7. The molecule has 2 aliphatic heterocycles. The summed E-state index contributed by atoms with van der Waals surface area (Å²) in [5.74, 6) is 0.542. The number of allylic oxidation sites excluding steroid dienone is 2. The lowest BCUT2D eigenvalue weighted by atomic mass is 10.2. The molecule has 25 heavy (non-hydrogen) atoms. The number of thioether (sulfide) groups is 1. The number of nitrogens with two attached hydrogens (primary N) is 2. The zero-order valence-electron chi connectivity index (χ0n) is 14.9. The first-order valence-corrected chi connectivity index (χ1v) is 9.74. The van der Waals surface area contributed by atoms with Gasteiger partial charge in [0, 0.05) is 12.4 Å². The smallest absolute Gasteiger partial charge is 0.323 e. The van der Waals surface area contributed by atoms with Gasteiger partial charge in [-0.1, -0.05) is 11.6 Å². The lowest BCUT2D eigenvalue weighted by Crippen LogP contribution is -2.35. The zero-order valence-corrected chi connectivity index (χ0v) is 15.7. The third-order valence-corrected chi connectivity index (χ3v) is 4.50. The maximum absolute atomic E-state index is 11.8. The molecule has 2 heterocycles. The van der Waals surface area contributed by atoms with Crippen LogP contribution in [-0.2, 0) is 19.1 Å². The molecular formula is C17H29N3O4S. The van der Waals surface area contributed by atoms with Crippen LogP contribution in [0.15, 0.2) is 24.0 Å². The summed E-state index contributed by atoms with van der Waals surface area (Å²) in [6, 6.07) is -0.528. The molecule has 2 aliphatic rings. The van der Waals surface area contributed by atoms with Gasteiger partial charge in [-0.25, -0.2) is 0 Å². The molecule has 4 N–H and O–H groups in total. The fourth-order valence-electron chi connectivity index (χ4n) is 2.56. The summed E-state index contributed by atoms with van der Waals surface area (Å²) >= 11 is 1.68. The van der Waals surface area contributed by atoms with Crippen molar-refractivity contribution in [3.8, 4) is 0 Å². The molecule has 0 aromatic rings. The minimum absolute atomic E-state index is 0.0364. The van der Waals surface area contributed by atoms with E-state index in [1.165, 1.54) is 5.57 Å². The quantitative estimate of drug-likeness (QED) is 0.513.